The number of hydrogen-bond donors (Lipinski definition) is 0. The van der Waals surface area contributed by atoms with Crippen LogP contribution in [-0.4, -0.2) is 33.5 Å². The molecule has 4 heteroatoms. The highest BCUT2D eigenvalue weighted by atomic mass is 16.6. The van der Waals surface area contributed by atoms with E-state index < -0.39 is 0 Å². The largest absolute Gasteiger partial charge is 0.493 e. The molecule has 0 aliphatic carbocycles. The lowest BCUT2D eigenvalue weighted by molar-refractivity contribution is 0.0757. The molecule has 0 N–H and O–H groups in total. The Kier molecular flexibility index (Phi) is 6.94. The maximum Gasteiger partial charge on any atom is 0.161 e. The summed E-state index contributed by atoms with van der Waals surface area (Å²) in [5.41, 5.74) is 3.63. The van der Waals surface area contributed by atoms with Crippen molar-refractivity contribution in [2.75, 3.05) is 33.5 Å². The highest BCUT2D eigenvalue weighted by molar-refractivity contribution is 5.42. The molecule has 0 unspecified atom stereocenters. The van der Waals surface area contributed by atoms with Crippen molar-refractivity contribution < 1.29 is 18.9 Å². The van der Waals surface area contributed by atoms with Crippen LogP contribution in [0, 0.1) is 20.8 Å². The van der Waals surface area contributed by atoms with Crippen LogP contribution in [0.15, 0.2) is 36.4 Å². The zero-order valence-electron chi connectivity index (χ0n) is 14.9. The van der Waals surface area contributed by atoms with Gasteiger partial charge < -0.3 is 18.9 Å². The van der Waals surface area contributed by atoms with Crippen LogP contribution in [0.2, 0.25) is 0 Å². The SMILES string of the molecule is COc1cc(C)ccc1OCCOCCOc1ccc(C)c(C)c1. The Morgan fingerprint density at radius 3 is 2.17 bits per heavy atom. The Balaban J connectivity index is 1.62. The molecule has 0 saturated carbocycles. The molecule has 2 aromatic carbocycles. The van der Waals surface area contributed by atoms with Crippen molar-refractivity contribution in [3.63, 3.8) is 0 Å². The first-order chi connectivity index (χ1) is 11.6. The smallest absolute Gasteiger partial charge is 0.161 e. The van der Waals surface area contributed by atoms with Crippen LogP contribution >= 0.6 is 0 Å². The Morgan fingerprint density at radius 2 is 1.46 bits per heavy atom. The summed E-state index contributed by atoms with van der Waals surface area (Å²) in [6, 6.07) is 12.0. The van der Waals surface area contributed by atoms with E-state index in [9.17, 15) is 0 Å². The van der Waals surface area contributed by atoms with Gasteiger partial charge in [-0.15, -0.1) is 0 Å². The first-order valence-electron chi connectivity index (χ1n) is 8.15. The Morgan fingerprint density at radius 1 is 0.708 bits per heavy atom. The molecule has 2 aromatic rings. The number of benzene rings is 2. The van der Waals surface area contributed by atoms with Crippen molar-refractivity contribution in [1.29, 1.82) is 0 Å². The molecule has 0 saturated heterocycles. The average molecular weight is 330 g/mol. The van der Waals surface area contributed by atoms with E-state index in [-0.39, 0.29) is 0 Å². The van der Waals surface area contributed by atoms with Gasteiger partial charge in [0.1, 0.15) is 19.0 Å². The van der Waals surface area contributed by atoms with E-state index in [1.165, 1.54) is 11.1 Å². The molecule has 0 amide bonds. The number of rotatable bonds is 9. The monoisotopic (exact) mass is 330 g/mol. The van der Waals surface area contributed by atoms with Crippen molar-refractivity contribution in [2.24, 2.45) is 0 Å². The lowest BCUT2D eigenvalue weighted by atomic mass is 10.1. The summed E-state index contributed by atoms with van der Waals surface area (Å²) in [6.07, 6.45) is 0. The van der Waals surface area contributed by atoms with Crippen LogP contribution in [-0.2, 0) is 4.74 Å². The molecule has 4 nitrogen and oxygen atoms in total. The van der Waals surface area contributed by atoms with Crippen molar-refractivity contribution in [2.45, 2.75) is 20.8 Å². The fourth-order valence-corrected chi connectivity index (χ4v) is 2.23. The zero-order valence-corrected chi connectivity index (χ0v) is 14.9. The predicted octanol–water partition coefficient (Wildman–Crippen LogP) is 4.09. The summed E-state index contributed by atoms with van der Waals surface area (Å²) in [7, 11) is 1.64. The second-order valence-corrected chi connectivity index (χ2v) is 5.71. The van der Waals surface area contributed by atoms with Gasteiger partial charge in [-0.2, -0.15) is 0 Å². The maximum absolute atomic E-state index is 5.69. The highest BCUT2D eigenvalue weighted by Crippen LogP contribution is 2.27. The minimum atomic E-state index is 0.475. The molecular weight excluding hydrogens is 304 g/mol. The summed E-state index contributed by atoms with van der Waals surface area (Å²) in [4.78, 5) is 0. The molecular formula is C20H26O4. The molecule has 130 valence electrons. The van der Waals surface area contributed by atoms with E-state index in [1.54, 1.807) is 7.11 Å². The van der Waals surface area contributed by atoms with E-state index in [0.29, 0.717) is 26.4 Å². The molecule has 0 bridgehead atoms. The summed E-state index contributed by atoms with van der Waals surface area (Å²) in [6.45, 7) is 8.22. The Labute approximate surface area is 144 Å². The highest BCUT2D eigenvalue weighted by Gasteiger charge is 2.04. The van der Waals surface area contributed by atoms with Gasteiger partial charge in [-0.3, -0.25) is 0 Å². The normalized spacial score (nSPS) is 10.5. The fourth-order valence-electron chi connectivity index (χ4n) is 2.23. The fraction of sp³-hybridized carbons (Fsp3) is 0.400. The molecule has 24 heavy (non-hydrogen) atoms. The molecule has 0 aliphatic heterocycles. The van der Waals surface area contributed by atoms with Crippen LogP contribution in [0.1, 0.15) is 16.7 Å². The number of ether oxygens (including phenoxy) is 4. The van der Waals surface area contributed by atoms with Gasteiger partial charge in [-0.1, -0.05) is 12.1 Å². The van der Waals surface area contributed by atoms with Gasteiger partial charge in [0.2, 0.25) is 0 Å². The minimum absolute atomic E-state index is 0.475. The van der Waals surface area contributed by atoms with E-state index >= 15 is 0 Å². The first kappa shape index (κ1) is 18.1. The van der Waals surface area contributed by atoms with E-state index in [0.717, 1.165) is 22.8 Å². The molecule has 0 fully saturated rings. The van der Waals surface area contributed by atoms with Crippen LogP contribution < -0.4 is 14.2 Å². The third-order valence-electron chi connectivity index (χ3n) is 3.78. The third kappa shape index (κ3) is 5.46. The van der Waals surface area contributed by atoms with Crippen LogP contribution in [0.5, 0.6) is 17.2 Å². The average Bonchev–Trinajstić information content (AvgIpc) is 2.58. The van der Waals surface area contributed by atoms with E-state index in [1.807, 2.05) is 37.3 Å². The maximum atomic E-state index is 5.69. The van der Waals surface area contributed by atoms with E-state index in [4.69, 9.17) is 18.9 Å². The molecule has 0 heterocycles. The van der Waals surface area contributed by atoms with Crippen LogP contribution in [0.3, 0.4) is 0 Å². The number of hydrogen-bond acceptors (Lipinski definition) is 4. The molecule has 0 radical (unpaired) electrons. The summed E-state index contributed by atoms with van der Waals surface area (Å²) in [5.74, 6) is 2.36. The van der Waals surface area contributed by atoms with Gasteiger partial charge in [-0.05, 0) is 61.7 Å². The molecule has 0 atom stereocenters. The third-order valence-corrected chi connectivity index (χ3v) is 3.78. The summed E-state index contributed by atoms with van der Waals surface area (Å²) < 4.78 is 22.2. The quantitative estimate of drug-likeness (QED) is 0.649. The molecule has 2 rings (SSSR count). The van der Waals surface area contributed by atoms with Crippen molar-refractivity contribution in [3.8, 4) is 17.2 Å². The second kappa shape index (κ2) is 9.18. The minimum Gasteiger partial charge on any atom is -0.493 e. The zero-order chi connectivity index (χ0) is 17.4. The second-order valence-electron chi connectivity index (χ2n) is 5.71. The van der Waals surface area contributed by atoms with Gasteiger partial charge in [0, 0.05) is 0 Å². The first-order valence-corrected chi connectivity index (χ1v) is 8.15. The van der Waals surface area contributed by atoms with Gasteiger partial charge in [0.25, 0.3) is 0 Å². The number of aryl methyl sites for hydroxylation is 3. The van der Waals surface area contributed by atoms with Crippen molar-refractivity contribution in [3.05, 3.63) is 53.1 Å². The molecule has 0 spiro atoms. The van der Waals surface area contributed by atoms with Gasteiger partial charge in [0.05, 0.1) is 20.3 Å². The Bertz CT molecular complexity index is 652. The van der Waals surface area contributed by atoms with Gasteiger partial charge >= 0.3 is 0 Å². The van der Waals surface area contributed by atoms with E-state index in [2.05, 4.69) is 19.9 Å². The van der Waals surface area contributed by atoms with Crippen LogP contribution in [0.4, 0.5) is 0 Å². The lowest BCUT2D eigenvalue weighted by Gasteiger charge is -2.12. The summed E-state index contributed by atoms with van der Waals surface area (Å²) in [5, 5.41) is 0. The lowest BCUT2D eigenvalue weighted by Crippen LogP contribution is -2.12. The van der Waals surface area contributed by atoms with Crippen LogP contribution in [0.25, 0.3) is 0 Å². The van der Waals surface area contributed by atoms with Crippen molar-refractivity contribution >= 4 is 0 Å². The predicted molar refractivity (Wildman–Crippen MR) is 95.5 cm³/mol. The summed E-state index contributed by atoms with van der Waals surface area (Å²) >= 11 is 0. The number of methoxy groups -OCH3 is 1. The van der Waals surface area contributed by atoms with Gasteiger partial charge in [0.15, 0.2) is 11.5 Å². The Hall–Kier alpha value is -2.20. The van der Waals surface area contributed by atoms with Gasteiger partial charge in [-0.25, -0.2) is 0 Å². The molecule has 0 aliphatic rings. The standard InChI is InChI=1S/C20H26O4/c1-15-5-8-19(20(13-15)21-4)24-12-10-22-9-11-23-18-7-6-16(2)17(3)14-18/h5-8,13-14H,9-12H2,1-4H3. The topological polar surface area (TPSA) is 36.9 Å². The van der Waals surface area contributed by atoms with Crippen molar-refractivity contribution in [1.82, 2.24) is 0 Å². The molecule has 0 aromatic heterocycles.